The molecule has 0 fully saturated rings. The molecule has 2 aromatic heterocycles. The predicted octanol–water partition coefficient (Wildman–Crippen LogP) is 5.97. The van der Waals surface area contributed by atoms with E-state index in [0.29, 0.717) is 38.3 Å². The second kappa shape index (κ2) is 10.4. The van der Waals surface area contributed by atoms with Crippen molar-refractivity contribution in [2.75, 3.05) is 0 Å². The molecule has 0 aliphatic rings. The van der Waals surface area contributed by atoms with Gasteiger partial charge >= 0.3 is 11.6 Å². The molecule has 0 saturated carbocycles. The number of carbonyl (C=O) groups is 2. The number of hydrogen-bond acceptors (Lipinski definition) is 5. The minimum atomic E-state index is -1.20. The smallest absolute Gasteiger partial charge is 0.340 e. The second-order valence-corrected chi connectivity index (χ2v) is 9.81. The van der Waals surface area contributed by atoms with Crippen LogP contribution in [0.3, 0.4) is 0 Å². The summed E-state index contributed by atoms with van der Waals surface area (Å²) in [5.74, 6) is -2.18. The fraction of sp³-hybridized carbons (Fsp3) is 0.167. The highest BCUT2D eigenvalue weighted by atomic mass is 35.5. The van der Waals surface area contributed by atoms with E-state index >= 15 is 0 Å². The number of amides is 1. The monoisotopic (exact) mass is 547 g/mol. The van der Waals surface area contributed by atoms with Crippen LogP contribution in [-0.2, 0) is 22.4 Å². The standard InChI is InChI=1S/C30H23ClFNO6/c1-15-21-12-23-24(18-5-9-20(32)10-6-18)14-38-27(23)16(2)28(21)39-30(37)22(15)13-26(34)33-25(29(35)36)11-17-3-7-19(31)8-4-17/h3-10,12,14,25H,11,13H2,1-2H3,(H,33,34)(H,35,36). The van der Waals surface area contributed by atoms with Crippen LogP contribution >= 0.6 is 11.6 Å². The molecule has 0 aliphatic carbocycles. The largest absolute Gasteiger partial charge is 0.480 e. The molecule has 0 spiro atoms. The molecule has 1 atom stereocenters. The first kappa shape index (κ1) is 26.2. The average molecular weight is 548 g/mol. The van der Waals surface area contributed by atoms with Gasteiger partial charge in [-0.1, -0.05) is 35.9 Å². The van der Waals surface area contributed by atoms with Gasteiger partial charge in [-0.05, 0) is 60.9 Å². The van der Waals surface area contributed by atoms with E-state index in [2.05, 4.69) is 5.32 Å². The molecule has 5 aromatic rings. The van der Waals surface area contributed by atoms with E-state index < -0.39 is 23.5 Å². The van der Waals surface area contributed by atoms with E-state index in [9.17, 15) is 23.9 Å². The summed E-state index contributed by atoms with van der Waals surface area (Å²) < 4.78 is 24.9. The van der Waals surface area contributed by atoms with Gasteiger partial charge in [0.25, 0.3) is 0 Å². The normalized spacial score (nSPS) is 12.1. The van der Waals surface area contributed by atoms with Gasteiger partial charge in [-0.3, -0.25) is 4.79 Å². The molecule has 2 heterocycles. The minimum absolute atomic E-state index is 0.0490. The van der Waals surface area contributed by atoms with Crippen molar-refractivity contribution >= 4 is 45.4 Å². The summed E-state index contributed by atoms with van der Waals surface area (Å²) in [6.07, 6.45) is 1.26. The van der Waals surface area contributed by atoms with E-state index in [4.69, 9.17) is 20.4 Å². The first-order valence-corrected chi connectivity index (χ1v) is 12.5. The van der Waals surface area contributed by atoms with Crippen molar-refractivity contribution in [3.05, 3.63) is 104 Å². The number of carbonyl (C=O) groups excluding carboxylic acids is 1. The Kier molecular flexibility index (Phi) is 6.97. The fourth-order valence-electron chi connectivity index (χ4n) is 4.72. The van der Waals surface area contributed by atoms with Gasteiger partial charge in [-0.2, -0.15) is 0 Å². The van der Waals surface area contributed by atoms with Crippen LogP contribution in [0.2, 0.25) is 5.02 Å². The van der Waals surface area contributed by atoms with Crippen LogP contribution in [0.4, 0.5) is 4.39 Å². The SMILES string of the molecule is Cc1c(CC(=O)NC(Cc2ccc(Cl)cc2)C(=O)O)c(=O)oc2c(C)c3occ(-c4ccc(F)cc4)c3cc12. The highest BCUT2D eigenvalue weighted by Crippen LogP contribution is 2.37. The third kappa shape index (κ3) is 5.15. The Morgan fingerprint density at radius 3 is 2.36 bits per heavy atom. The minimum Gasteiger partial charge on any atom is -0.480 e. The molecule has 1 amide bonds. The van der Waals surface area contributed by atoms with Gasteiger partial charge in [-0.15, -0.1) is 0 Å². The van der Waals surface area contributed by atoms with Crippen LogP contribution in [0.5, 0.6) is 0 Å². The fourth-order valence-corrected chi connectivity index (χ4v) is 4.84. The lowest BCUT2D eigenvalue weighted by Crippen LogP contribution is -2.43. The Hall–Kier alpha value is -4.43. The van der Waals surface area contributed by atoms with Gasteiger partial charge in [0.2, 0.25) is 5.91 Å². The zero-order valence-corrected chi connectivity index (χ0v) is 21.8. The Bertz CT molecular complexity index is 1790. The molecular formula is C30H23ClFNO6. The maximum atomic E-state index is 13.5. The summed E-state index contributed by atoms with van der Waals surface area (Å²) in [6.45, 7) is 3.48. The molecular weight excluding hydrogens is 525 g/mol. The molecule has 3 aromatic carbocycles. The number of hydrogen-bond donors (Lipinski definition) is 2. The van der Waals surface area contributed by atoms with Crippen LogP contribution in [0.1, 0.15) is 22.3 Å². The molecule has 198 valence electrons. The average Bonchev–Trinajstić information content (AvgIpc) is 3.33. The van der Waals surface area contributed by atoms with Gasteiger partial charge in [0.05, 0.1) is 18.2 Å². The number of carboxylic acids is 1. The quantitative estimate of drug-likeness (QED) is 0.243. The number of aryl methyl sites for hydroxylation is 2. The number of halogens is 2. The van der Waals surface area contributed by atoms with E-state index in [1.54, 1.807) is 56.5 Å². The Morgan fingerprint density at radius 1 is 1.00 bits per heavy atom. The van der Waals surface area contributed by atoms with Crippen molar-refractivity contribution in [1.82, 2.24) is 5.32 Å². The number of nitrogens with one attached hydrogen (secondary N) is 1. The first-order valence-electron chi connectivity index (χ1n) is 12.1. The number of fused-ring (bicyclic) bond motifs is 2. The van der Waals surface area contributed by atoms with E-state index in [1.165, 1.54) is 12.1 Å². The summed E-state index contributed by atoms with van der Waals surface area (Å²) in [7, 11) is 0. The highest BCUT2D eigenvalue weighted by Gasteiger charge is 2.24. The molecule has 9 heteroatoms. The van der Waals surface area contributed by atoms with Gasteiger partial charge in [0, 0.05) is 33.3 Å². The van der Waals surface area contributed by atoms with Crippen molar-refractivity contribution in [1.29, 1.82) is 0 Å². The van der Waals surface area contributed by atoms with Gasteiger partial charge in [-0.25, -0.2) is 14.0 Å². The Labute approximate surface area is 226 Å². The van der Waals surface area contributed by atoms with E-state index in [1.807, 2.05) is 6.07 Å². The lowest BCUT2D eigenvalue weighted by Gasteiger charge is -2.15. The van der Waals surface area contributed by atoms with Crippen LogP contribution in [0, 0.1) is 19.7 Å². The number of rotatable bonds is 7. The van der Waals surface area contributed by atoms with E-state index in [-0.39, 0.29) is 24.2 Å². The maximum absolute atomic E-state index is 13.5. The van der Waals surface area contributed by atoms with Gasteiger partial charge in [0.1, 0.15) is 23.0 Å². The molecule has 0 aliphatic heterocycles. The molecule has 1 unspecified atom stereocenters. The summed E-state index contributed by atoms with van der Waals surface area (Å²) in [5.41, 5.74) is 3.63. The molecule has 2 N–H and O–H groups in total. The third-order valence-electron chi connectivity index (χ3n) is 6.82. The van der Waals surface area contributed by atoms with E-state index in [0.717, 1.165) is 16.5 Å². The Morgan fingerprint density at radius 2 is 1.69 bits per heavy atom. The molecule has 7 nitrogen and oxygen atoms in total. The van der Waals surface area contributed by atoms with Crippen molar-refractivity contribution in [3.63, 3.8) is 0 Å². The lowest BCUT2D eigenvalue weighted by molar-refractivity contribution is -0.141. The third-order valence-corrected chi connectivity index (χ3v) is 7.07. The summed E-state index contributed by atoms with van der Waals surface area (Å²) in [6, 6.07) is 13.3. The predicted molar refractivity (Wildman–Crippen MR) is 146 cm³/mol. The number of furan rings is 1. The Balaban J connectivity index is 1.48. The first-order chi connectivity index (χ1) is 18.6. The van der Waals surface area contributed by atoms with Crippen LogP contribution in [0.15, 0.2) is 74.5 Å². The highest BCUT2D eigenvalue weighted by molar-refractivity contribution is 6.30. The second-order valence-electron chi connectivity index (χ2n) is 9.37. The van der Waals surface area contributed by atoms with Gasteiger partial charge < -0.3 is 19.3 Å². The zero-order valence-electron chi connectivity index (χ0n) is 21.0. The summed E-state index contributed by atoms with van der Waals surface area (Å²) in [5, 5.41) is 14.0. The van der Waals surface area contributed by atoms with Crippen molar-refractivity contribution < 1.29 is 27.9 Å². The molecule has 5 rings (SSSR count). The van der Waals surface area contributed by atoms with Crippen molar-refractivity contribution in [2.45, 2.75) is 32.7 Å². The van der Waals surface area contributed by atoms with Crippen LogP contribution in [-0.4, -0.2) is 23.0 Å². The summed E-state index contributed by atoms with van der Waals surface area (Å²) in [4.78, 5) is 37.7. The van der Waals surface area contributed by atoms with Crippen molar-refractivity contribution in [3.8, 4) is 11.1 Å². The van der Waals surface area contributed by atoms with Crippen molar-refractivity contribution in [2.24, 2.45) is 0 Å². The maximum Gasteiger partial charge on any atom is 0.340 e. The van der Waals surface area contributed by atoms with Crippen LogP contribution in [0.25, 0.3) is 33.1 Å². The number of aliphatic carboxylic acids is 1. The topological polar surface area (TPSA) is 110 Å². The summed E-state index contributed by atoms with van der Waals surface area (Å²) >= 11 is 5.89. The number of carboxylic acid groups (broad SMARTS) is 1. The molecule has 0 bridgehead atoms. The molecule has 39 heavy (non-hydrogen) atoms. The number of benzene rings is 3. The van der Waals surface area contributed by atoms with Gasteiger partial charge in [0.15, 0.2) is 0 Å². The van der Waals surface area contributed by atoms with Crippen LogP contribution < -0.4 is 10.9 Å². The zero-order chi connectivity index (χ0) is 27.8. The molecule has 0 saturated heterocycles. The lowest BCUT2D eigenvalue weighted by atomic mass is 9.97. The molecule has 0 radical (unpaired) electrons.